The largest absolute Gasteiger partial charge is 0.385 e. The van der Waals surface area contributed by atoms with Crippen LogP contribution in [0.3, 0.4) is 0 Å². The van der Waals surface area contributed by atoms with E-state index in [4.69, 9.17) is 11.6 Å². The second kappa shape index (κ2) is 8.31. The maximum absolute atomic E-state index is 10.9. The normalized spacial score (nSPS) is 16.4. The number of halogens is 1. The van der Waals surface area contributed by atoms with Gasteiger partial charge in [-0.3, -0.25) is 0 Å². The summed E-state index contributed by atoms with van der Waals surface area (Å²) in [5, 5.41) is 14.2. The number of aromatic nitrogens is 1. The average molecular weight is 421 g/mol. The molecule has 1 aliphatic rings. The van der Waals surface area contributed by atoms with Gasteiger partial charge in [-0.2, -0.15) is 0 Å². The molecule has 2 heterocycles. The van der Waals surface area contributed by atoms with Crippen LogP contribution < -0.4 is 9.80 Å². The van der Waals surface area contributed by atoms with Crippen molar-refractivity contribution in [1.82, 2.24) is 4.57 Å². The number of hydrogen-bond donors (Lipinski definition) is 2. The number of fused-ring (bicyclic) bond motifs is 3. The number of anilines is 1. The summed E-state index contributed by atoms with van der Waals surface area (Å²) in [6.07, 6.45) is -0.374. The molecule has 1 fully saturated rings. The van der Waals surface area contributed by atoms with Crippen LogP contribution in [0.5, 0.6) is 0 Å². The number of aliphatic hydroxyl groups is 1. The highest BCUT2D eigenvalue weighted by atomic mass is 35.5. The number of nitrogens with zero attached hydrogens (tertiary/aromatic N) is 2. The minimum atomic E-state index is -0.374. The topological polar surface area (TPSA) is 32.8 Å². The molecule has 5 heteroatoms. The molecule has 1 atom stereocenters. The van der Waals surface area contributed by atoms with E-state index in [9.17, 15) is 5.11 Å². The summed E-state index contributed by atoms with van der Waals surface area (Å²) in [6.45, 7) is 5.46. The van der Waals surface area contributed by atoms with Crippen molar-refractivity contribution in [3.63, 3.8) is 0 Å². The third-order valence-corrected chi connectivity index (χ3v) is 6.51. The maximum Gasteiger partial charge on any atom is 0.121 e. The maximum atomic E-state index is 10.9. The van der Waals surface area contributed by atoms with Gasteiger partial charge in [0.25, 0.3) is 0 Å². The standard InChI is InChI=1S/C25H26ClN3O/c26-19-9-11-20(12-10-19)28-15-13-27(14-16-28)17-21(30)18-29-24-7-3-1-5-22(24)23-6-2-4-8-25(23)29/h1-12,21,30H,13-18H2/p+1/t21-/m1/s1. The molecular formula is C25H27ClN3O+. The monoisotopic (exact) mass is 420 g/mol. The molecule has 0 spiro atoms. The molecule has 154 valence electrons. The Balaban J connectivity index is 1.26. The summed E-state index contributed by atoms with van der Waals surface area (Å²) in [4.78, 5) is 3.87. The van der Waals surface area contributed by atoms with Gasteiger partial charge in [0, 0.05) is 32.5 Å². The van der Waals surface area contributed by atoms with E-state index in [1.165, 1.54) is 32.4 Å². The summed E-state index contributed by atoms with van der Waals surface area (Å²) >= 11 is 6.01. The fraction of sp³-hybridized carbons (Fsp3) is 0.280. The molecule has 0 unspecified atom stereocenters. The second-order valence-electron chi connectivity index (χ2n) is 8.22. The van der Waals surface area contributed by atoms with Crippen molar-refractivity contribution in [2.45, 2.75) is 12.6 Å². The minimum absolute atomic E-state index is 0.374. The highest BCUT2D eigenvalue weighted by Crippen LogP contribution is 2.28. The lowest BCUT2D eigenvalue weighted by Gasteiger charge is -2.34. The first-order valence-electron chi connectivity index (χ1n) is 10.7. The van der Waals surface area contributed by atoms with Gasteiger partial charge in [-0.15, -0.1) is 0 Å². The molecule has 0 amide bonds. The van der Waals surface area contributed by atoms with E-state index >= 15 is 0 Å². The van der Waals surface area contributed by atoms with Crippen LogP contribution in [0.1, 0.15) is 0 Å². The van der Waals surface area contributed by atoms with Gasteiger partial charge in [0.05, 0.1) is 32.7 Å². The lowest BCUT2D eigenvalue weighted by Crippen LogP contribution is -3.15. The van der Waals surface area contributed by atoms with Gasteiger partial charge in [0.1, 0.15) is 12.6 Å². The number of benzene rings is 3. The van der Waals surface area contributed by atoms with Crippen molar-refractivity contribution >= 4 is 39.1 Å². The van der Waals surface area contributed by atoms with Crippen molar-refractivity contribution in [3.8, 4) is 0 Å². The first-order valence-corrected chi connectivity index (χ1v) is 11.0. The second-order valence-corrected chi connectivity index (χ2v) is 8.65. The zero-order valence-electron chi connectivity index (χ0n) is 17.0. The average Bonchev–Trinajstić information content (AvgIpc) is 3.09. The van der Waals surface area contributed by atoms with Crippen molar-refractivity contribution in [2.75, 3.05) is 37.6 Å². The zero-order chi connectivity index (χ0) is 20.5. The van der Waals surface area contributed by atoms with Crippen molar-refractivity contribution in [3.05, 3.63) is 77.8 Å². The molecule has 0 saturated carbocycles. The number of para-hydroxylation sites is 2. The molecule has 1 saturated heterocycles. The number of piperazine rings is 1. The molecule has 0 radical (unpaired) electrons. The Bertz CT molecular complexity index is 1090. The minimum Gasteiger partial charge on any atom is -0.385 e. The summed E-state index contributed by atoms with van der Waals surface area (Å²) in [5.41, 5.74) is 3.62. The fourth-order valence-electron chi connectivity index (χ4n) is 4.75. The Labute approximate surface area is 181 Å². The van der Waals surface area contributed by atoms with Crippen molar-refractivity contribution in [1.29, 1.82) is 0 Å². The Hall–Kier alpha value is -2.53. The molecule has 0 aliphatic carbocycles. The molecule has 4 aromatic rings. The van der Waals surface area contributed by atoms with Gasteiger partial charge in [-0.25, -0.2) is 0 Å². The predicted octanol–water partition coefficient (Wildman–Crippen LogP) is 3.21. The van der Waals surface area contributed by atoms with Gasteiger partial charge < -0.3 is 19.5 Å². The highest BCUT2D eigenvalue weighted by molar-refractivity contribution is 6.30. The van der Waals surface area contributed by atoms with E-state index in [2.05, 4.69) is 70.1 Å². The van der Waals surface area contributed by atoms with Gasteiger partial charge in [-0.05, 0) is 36.4 Å². The molecular weight excluding hydrogens is 394 g/mol. The lowest BCUT2D eigenvalue weighted by molar-refractivity contribution is -0.903. The van der Waals surface area contributed by atoms with E-state index in [1.54, 1.807) is 0 Å². The molecule has 1 aromatic heterocycles. The Kier molecular flexibility index (Phi) is 5.38. The Morgan fingerprint density at radius 1 is 0.833 bits per heavy atom. The van der Waals surface area contributed by atoms with Crippen molar-refractivity contribution < 1.29 is 10.0 Å². The highest BCUT2D eigenvalue weighted by Gasteiger charge is 2.23. The first kappa shape index (κ1) is 19.4. The van der Waals surface area contributed by atoms with Crippen LogP contribution in [0.25, 0.3) is 21.8 Å². The number of rotatable bonds is 5. The molecule has 1 aliphatic heterocycles. The number of nitrogens with one attached hydrogen (secondary N) is 1. The van der Waals surface area contributed by atoms with Crippen LogP contribution in [0.2, 0.25) is 5.02 Å². The molecule has 3 aromatic carbocycles. The third-order valence-electron chi connectivity index (χ3n) is 6.26. The van der Waals surface area contributed by atoms with Crippen LogP contribution in [0.4, 0.5) is 5.69 Å². The van der Waals surface area contributed by atoms with E-state index in [0.29, 0.717) is 6.54 Å². The van der Waals surface area contributed by atoms with Crippen LogP contribution in [0, 0.1) is 0 Å². The molecule has 30 heavy (non-hydrogen) atoms. The summed E-state index contributed by atoms with van der Waals surface area (Å²) in [5.74, 6) is 0. The van der Waals surface area contributed by atoms with E-state index in [1.807, 2.05) is 12.1 Å². The van der Waals surface area contributed by atoms with Crippen molar-refractivity contribution in [2.24, 2.45) is 0 Å². The molecule has 2 N–H and O–H groups in total. The Morgan fingerprint density at radius 2 is 1.40 bits per heavy atom. The third kappa shape index (κ3) is 3.79. The summed E-state index contributed by atoms with van der Waals surface area (Å²) < 4.78 is 2.28. The van der Waals surface area contributed by atoms with Crippen LogP contribution >= 0.6 is 11.6 Å². The van der Waals surface area contributed by atoms with Gasteiger partial charge in [-0.1, -0.05) is 48.0 Å². The van der Waals surface area contributed by atoms with Crippen LogP contribution in [-0.4, -0.2) is 48.5 Å². The number of quaternary nitrogens is 1. The fourth-order valence-corrected chi connectivity index (χ4v) is 4.87. The van der Waals surface area contributed by atoms with E-state index < -0.39 is 0 Å². The predicted molar refractivity (Wildman–Crippen MR) is 125 cm³/mol. The van der Waals surface area contributed by atoms with E-state index in [0.717, 1.165) is 37.7 Å². The van der Waals surface area contributed by atoms with Gasteiger partial charge in [0.15, 0.2) is 0 Å². The van der Waals surface area contributed by atoms with Crippen LogP contribution in [0.15, 0.2) is 72.8 Å². The Morgan fingerprint density at radius 3 is 2.00 bits per heavy atom. The van der Waals surface area contributed by atoms with E-state index in [-0.39, 0.29) is 6.10 Å². The summed E-state index contributed by atoms with van der Waals surface area (Å²) in [6, 6.07) is 25.0. The number of hydrogen-bond acceptors (Lipinski definition) is 2. The number of aliphatic hydroxyl groups excluding tert-OH is 1. The molecule has 4 nitrogen and oxygen atoms in total. The SMILES string of the molecule is O[C@@H](Cn1c2ccccc2c2ccccc21)C[NH+]1CCN(c2ccc(Cl)cc2)CC1. The van der Waals surface area contributed by atoms with Gasteiger partial charge in [0.2, 0.25) is 0 Å². The first-order chi connectivity index (χ1) is 14.7. The smallest absolute Gasteiger partial charge is 0.121 e. The van der Waals surface area contributed by atoms with Gasteiger partial charge >= 0.3 is 0 Å². The molecule has 5 rings (SSSR count). The zero-order valence-corrected chi connectivity index (χ0v) is 17.7. The van der Waals surface area contributed by atoms with Crippen LogP contribution in [-0.2, 0) is 6.54 Å². The lowest BCUT2D eigenvalue weighted by atomic mass is 10.2. The summed E-state index contributed by atoms with van der Waals surface area (Å²) in [7, 11) is 0. The molecule has 0 bridgehead atoms. The quantitative estimate of drug-likeness (QED) is 0.519.